The average molecular weight is 222 g/mol. The van der Waals surface area contributed by atoms with Crippen molar-refractivity contribution in [3.05, 3.63) is 18.2 Å². The molecular weight excluding hydrogens is 200 g/mol. The van der Waals surface area contributed by atoms with Crippen molar-refractivity contribution in [2.24, 2.45) is 18.7 Å². The molecule has 90 valence electrons. The summed E-state index contributed by atoms with van der Waals surface area (Å²) in [7, 11) is 4.26. The van der Waals surface area contributed by atoms with Crippen LogP contribution in [-0.4, -0.2) is 34.6 Å². The van der Waals surface area contributed by atoms with Crippen molar-refractivity contribution < 1.29 is 0 Å². The zero-order valence-corrected chi connectivity index (χ0v) is 10.3. The number of hydrogen-bond acceptors (Lipinski definition) is 3. The van der Waals surface area contributed by atoms with E-state index in [0.29, 0.717) is 12.0 Å². The minimum absolute atomic E-state index is 0.431. The van der Waals surface area contributed by atoms with E-state index in [0.717, 1.165) is 13.1 Å². The van der Waals surface area contributed by atoms with Crippen LogP contribution in [0.4, 0.5) is 0 Å². The molecule has 2 atom stereocenters. The summed E-state index contributed by atoms with van der Waals surface area (Å²) in [5, 5.41) is 0. The van der Waals surface area contributed by atoms with Gasteiger partial charge >= 0.3 is 0 Å². The molecule has 1 fully saturated rings. The number of nitrogens with two attached hydrogens (primary N) is 1. The fourth-order valence-corrected chi connectivity index (χ4v) is 2.79. The van der Waals surface area contributed by atoms with E-state index in [4.69, 9.17) is 5.73 Å². The van der Waals surface area contributed by atoms with Crippen LogP contribution in [0.2, 0.25) is 0 Å². The third-order valence-corrected chi connectivity index (χ3v) is 3.72. The zero-order chi connectivity index (χ0) is 11.5. The largest absolute Gasteiger partial charge is 0.336 e. The number of nitrogens with zero attached hydrogens (tertiary/aromatic N) is 3. The maximum atomic E-state index is 5.93. The van der Waals surface area contributed by atoms with Crippen LogP contribution >= 0.6 is 0 Å². The van der Waals surface area contributed by atoms with E-state index < -0.39 is 0 Å². The molecule has 2 heterocycles. The lowest BCUT2D eigenvalue weighted by Gasteiger charge is -2.31. The number of hydrogen-bond donors (Lipinski definition) is 1. The lowest BCUT2D eigenvalue weighted by Crippen LogP contribution is -2.34. The second kappa shape index (κ2) is 4.97. The van der Waals surface area contributed by atoms with Gasteiger partial charge in [0.15, 0.2) is 0 Å². The van der Waals surface area contributed by atoms with Crippen molar-refractivity contribution in [2.45, 2.75) is 25.3 Å². The first kappa shape index (κ1) is 11.6. The average Bonchev–Trinajstić information content (AvgIpc) is 2.59. The van der Waals surface area contributed by atoms with Crippen LogP contribution in [-0.2, 0) is 7.05 Å². The molecule has 0 bridgehead atoms. The molecule has 16 heavy (non-hydrogen) atoms. The Morgan fingerprint density at radius 3 is 2.88 bits per heavy atom. The SMILES string of the molecule is CN1CCCCC(CN)C1c1cncn1C. The predicted octanol–water partition coefficient (Wildman–Crippen LogP) is 1.15. The Bertz CT molecular complexity index is 334. The molecule has 1 saturated heterocycles. The summed E-state index contributed by atoms with van der Waals surface area (Å²) >= 11 is 0. The van der Waals surface area contributed by atoms with Gasteiger partial charge in [-0.15, -0.1) is 0 Å². The van der Waals surface area contributed by atoms with Crippen LogP contribution in [0.15, 0.2) is 12.5 Å². The Morgan fingerprint density at radius 2 is 2.25 bits per heavy atom. The second-order valence-corrected chi connectivity index (χ2v) is 4.85. The van der Waals surface area contributed by atoms with Gasteiger partial charge in [0.1, 0.15) is 0 Å². The first-order valence-electron chi connectivity index (χ1n) is 6.10. The monoisotopic (exact) mass is 222 g/mol. The molecule has 0 aliphatic carbocycles. The molecule has 1 aliphatic heterocycles. The van der Waals surface area contributed by atoms with Crippen molar-refractivity contribution in [3.63, 3.8) is 0 Å². The van der Waals surface area contributed by atoms with Crippen LogP contribution in [0, 0.1) is 5.92 Å². The molecule has 1 aromatic heterocycles. The smallest absolute Gasteiger partial charge is 0.0946 e. The van der Waals surface area contributed by atoms with Gasteiger partial charge < -0.3 is 10.3 Å². The molecule has 0 saturated carbocycles. The molecule has 0 spiro atoms. The summed E-state index contributed by atoms with van der Waals surface area (Å²) in [6, 6.07) is 0.431. The Morgan fingerprint density at radius 1 is 1.44 bits per heavy atom. The molecule has 0 amide bonds. The van der Waals surface area contributed by atoms with Gasteiger partial charge in [-0.2, -0.15) is 0 Å². The van der Waals surface area contributed by atoms with Crippen LogP contribution in [0.25, 0.3) is 0 Å². The summed E-state index contributed by atoms with van der Waals surface area (Å²) in [5.41, 5.74) is 7.22. The van der Waals surface area contributed by atoms with Gasteiger partial charge in [0.05, 0.1) is 18.1 Å². The molecular formula is C12H22N4. The van der Waals surface area contributed by atoms with Crippen LogP contribution < -0.4 is 5.73 Å². The summed E-state index contributed by atoms with van der Waals surface area (Å²) in [6.45, 7) is 1.92. The van der Waals surface area contributed by atoms with Crippen molar-refractivity contribution in [2.75, 3.05) is 20.1 Å². The molecule has 2 rings (SSSR count). The van der Waals surface area contributed by atoms with E-state index in [1.165, 1.54) is 25.0 Å². The maximum Gasteiger partial charge on any atom is 0.0946 e. The third kappa shape index (κ3) is 2.13. The Labute approximate surface area is 97.4 Å². The van der Waals surface area contributed by atoms with Gasteiger partial charge in [-0.05, 0) is 38.9 Å². The van der Waals surface area contributed by atoms with Crippen molar-refractivity contribution in [1.82, 2.24) is 14.5 Å². The van der Waals surface area contributed by atoms with E-state index in [1.54, 1.807) is 0 Å². The van der Waals surface area contributed by atoms with Crippen molar-refractivity contribution in [1.29, 1.82) is 0 Å². The number of aromatic nitrogens is 2. The molecule has 2 unspecified atom stereocenters. The third-order valence-electron chi connectivity index (χ3n) is 3.72. The van der Waals surface area contributed by atoms with Crippen molar-refractivity contribution >= 4 is 0 Å². The minimum Gasteiger partial charge on any atom is -0.336 e. The highest BCUT2D eigenvalue weighted by molar-refractivity contribution is 5.08. The van der Waals surface area contributed by atoms with Gasteiger partial charge in [0.25, 0.3) is 0 Å². The standard InChI is InChI=1S/C12H22N4/c1-15-6-4-3-5-10(7-13)12(15)11-8-14-9-16(11)2/h8-10,12H,3-7,13H2,1-2H3. The van der Waals surface area contributed by atoms with E-state index in [9.17, 15) is 0 Å². The highest BCUT2D eigenvalue weighted by Gasteiger charge is 2.29. The van der Waals surface area contributed by atoms with Gasteiger partial charge in [-0.3, -0.25) is 4.90 Å². The molecule has 0 radical (unpaired) electrons. The predicted molar refractivity (Wildman–Crippen MR) is 65.0 cm³/mol. The molecule has 1 aromatic rings. The highest BCUT2D eigenvalue weighted by atomic mass is 15.2. The molecule has 2 N–H and O–H groups in total. The molecule has 1 aliphatic rings. The molecule has 4 heteroatoms. The summed E-state index contributed by atoms with van der Waals surface area (Å²) in [6.07, 6.45) is 7.66. The van der Waals surface area contributed by atoms with Crippen molar-refractivity contribution in [3.8, 4) is 0 Å². The van der Waals surface area contributed by atoms with E-state index in [1.807, 2.05) is 12.5 Å². The zero-order valence-electron chi connectivity index (χ0n) is 10.3. The lowest BCUT2D eigenvalue weighted by molar-refractivity contribution is 0.188. The second-order valence-electron chi connectivity index (χ2n) is 4.85. The fraction of sp³-hybridized carbons (Fsp3) is 0.750. The van der Waals surface area contributed by atoms with Crippen LogP contribution in [0.5, 0.6) is 0 Å². The number of imidazole rings is 1. The van der Waals surface area contributed by atoms with Crippen LogP contribution in [0.1, 0.15) is 31.0 Å². The summed E-state index contributed by atoms with van der Waals surface area (Å²) < 4.78 is 2.12. The Hall–Kier alpha value is -0.870. The van der Waals surface area contributed by atoms with Gasteiger partial charge in [0.2, 0.25) is 0 Å². The lowest BCUT2D eigenvalue weighted by atomic mass is 9.93. The first-order valence-corrected chi connectivity index (χ1v) is 6.10. The van der Waals surface area contributed by atoms with Crippen LogP contribution in [0.3, 0.4) is 0 Å². The maximum absolute atomic E-state index is 5.93. The number of likely N-dealkylation sites (tertiary alicyclic amines) is 1. The summed E-state index contributed by atoms with van der Waals surface area (Å²) in [5.74, 6) is 0.558. The fourth-order valence-electron chi connectivity index (χ4n) is 2.79. The molecule has 0 aromatic carbocycles. The van der Waals surface area contributed by atoms with E-state index in [-0.39, 0.29) is 0 Å². The quantitative estimate of drug-likeness (QED) is 0.816. The highest BCUT2D eigenvalue weighted by Crippen LogP contribution is 2.32. The normalized spacial score (nSPS) is 27.9. The number of aryl methyl sites for hydroxylation is 1. The van der Waals surface area contributed by atoms with Gasteiger partial charge in [0, 0.05) is 13.2 Å². The van der Waals surface area contributed by atoms with Gasteiger partial charge in [-0.1, -0.05) is 6.42 Å². The topological polar surface area (TPSA) is 47.1 Å². The van der Waals surface area contributed by atoms with E-state index >= 15 is 0 Å². The molecule has 4 nitrogen and oxygen atoms in total. The first-order chi connectivity index (χ1) is 7.74. The van der Waals surface area contributed by atoms with Gasteiger partial charge in [-0.25, -0.2) is 4.98 Å². The Balaban J connectivity index is 2.29. The van der Waals surface area contributed by atoms with E-state index in [2.05, 4.69) is 28.5 Å². The Kier molecular flexibility index (Phi) is 3.61. The minimum atomic E-state index is 0.431. The summed E-state index contributed by atoms with van der Waals surface area (Å²) in [4.78, 5) is 6.66. The number of rotatable bonds is 2.